The van der Waals surface area contributed by atoms with Gasteiger partial charge in [0.25, 0.3) is 0 Å². The Bertz CT molecular complexity index is 745. The first-order valence-electron chi connectivity index (χ1n) is 8.10. The van der Waals surface area contributed by atoms with Gasteiger partial charge in [-0.05, 0) is 36.8 Å². The van der Waals surface area contributed by atoms with Gasteiger partial charge < -0.3 is 15.0 Å². The Morgan fingerprint density at radius 2 is 2.08 bits per heavy atom. The van der Waals surface area contributed by atoms with E-state index in [1.165, 1.54) is 0 Å². The first kappa shape index (κ1) is 16.8. The predicted octanol–water partition coefficient (Wildman–Crippen LogP) is 3.83. The molecule has 2 aromatic rings. The number of amidine groups is 1. The Hall–Kier alpha value is -2.01. The van der Waals surface area contributed by atoms with Crippen molar-refractivity contribution in [1.29, 1.82) is 0 Å². The summed E-state index contributed by atoms with van der Waals surface area (Å²) in [5.41, 5.74) is 3.45. The first-order valence-corrected chi connectivity index (χ1v) is 8.89. The number of hydrogen-bond acceptors (Lipinski definition) is 4. The second kappa shape index (κ2) is 7.71. The normalized spacial score (nSPS) is 13.9. The topological polar surface area (TPSA) is 36.9 Å². The lowest BCUT2D eigenvalue weighted by Crippen LogP contribution is -2.32. The van der Waals surface area contributed by atoms with E-state index in [9.17, 15) is 0 Å². The van der Waals surface area contributed by atoms with Crippen LogP contribution < -0.4 is 15.0 Å². The number of ether oxygens (including phenoxy) is 1. The molecule has 0 saturated carbocycles. The van der Waals surface area contributed by atoms with Crippen molar-refractivity contribution >= 4 is 27.5 Å². The SMILES string of the molecule is COc1ccc(Br)cc1CN(C)c1ccccc1C1=NCCCN1. The fourth-order valence-corrected chi connectivity index (χ4v) is 3.34. The molecule has 0 aromatic heterocycles. The number of rotatable bonds is 5. The molecule has 1 aliphatic rings. The largest absolute Gasteiger partial charge is 0.496 e. The van der Waals surface area contributed by atoms with E-state index in [2.05, 4.69) is 68.5 Å². The second-order valence-electron chi connectivity index (χ2n) is 5.84. The van der Waals surface area contributed by atoms with Crippen molar-refractivity contribution in [2.45, 2.75) is 13.0 Å². The molecular formula is C19H22BrN3O. The number of nitrogens with zero attached hydrogens (tertiary/aromatic N) is 2. The summed E-state index contributed by atoms with van der Waals surface area (Å²) >= 11 is 3.55. The molecule has 2 aromatic carbocycles. The summed E-state index contributed by atoms with van der Waals surface area (Å²) in [4.78, 5) is 6.88. The van der Waals surface area contributed by atoms with E-state index in [1.54, 1.807) is 7.11 Å². The van der Waals surface area contributed by atoms with E-state index < -0.39 is 0 Å². The van der Waals surface area contributed by atoms with Crippen molar-refractivity contribution in [3.63, 3.8) is 0 Å². The van der Waals surface area contributed by atoms with Gasteiger partial charge in [-0.2, -0.15) is 0 Å². The summed E-state index contributed by atoms with van der Waals surface area (Å²) in [6.45, 7) is 2.63. The van der Waals surface area contributed by atoms with Gasteiger partial charge in [0.2, 0.25) is 0 Å². The van der Waals surface area contributed by atoms with Gasteiger partial charge in [-0.15, -0.1) is 0 Å². The van der Waals surface area contributed by atoms with Gasteiger partial charge in [-0.1, -0.05) is 28.1 Å². The van der Waals surface area contributed by atoms with Gasteiger partial charge in [-0.3, -0.25) is 4.99 Å². The highest BCUT2D eigenvalue weighted by Gasteiger charge is 2.15. The lowest BCUT2D eigenvalue weighted by Gasteiger charge is -2.25. The van der Waals surface area contributed by atoms with E-state index in [1.807, 2.05) is 12.1 Å². The first-order chi connectivity index (χ1) is 11.7. The van der Waals surface area contributed by atoms with Crippen LogP contribution in [0.2, 0.25) is 0 Å². The van der Waals surface area contributed by atoms with E-state index in [0.717, 1.165) is 58.9 Å². The van der Waals surface area contributed by atoms with Crippen LogP contribution in [0.3, 0.4) is 0 Å². The molecule has 0 atom stereocenters. The molecule has 0 amide bonds. The van der Waals surface area contributed by atoms with Crippen molar-refractivity contribution < 1.29 is 4.74 Å². The minimum atomic E-state index is 0.757. The van der Waals surface area contributed by atoms with Crippen LogP contribution in [-0.4, -0.2) is 33.1 Å². The third-order valence-electron chi connectivity index (χ3n) is 4.12. The van der Waals surface area contributed by atoms with Crippen molar-refractivity contribution in [1.82, 2.24) is 5.32 Å². The Morgan fingerprint density at radius 1 is 1.25 bits per heavy atom. The number of hydrogen-bond donors (Lipinski definition) is 1. The van der Waals surface area contributed by atoms with E-state index in [0.29, 0.717) is 0 Å². The third kappa shape index (κ3) is 3.73. The highest BCUT2D eigenvalue weighted by atomic mass is 79.9. The van der Waals surface area contributed by atoms with Crippen molar-refractivity contribution in [3.8, 4) is 5.75 Å². The van der Waals surface area contributed by atoms with Crippen molar-refractivity contribution in [2.75, 3.05) is 32.1 Å². The van der Waals surface area contributed by atoms with E-state index in [-0.39, 0.29) is 0 Å². The van der Waals surface area contributed by atoms with Gasteiger partial charge in [-0.25, -0.2) is 0 Å². The zero-order valence-electron chi connectivity index (χ0n) is 14.1. The standard InChI is InChI=1S/C19H22BrN3O/c1-23(13-14-12-15(20)8-9-18(14)24-2)17-7-4-3-6-16(17)19-21-10-5-11-22-19/h3-4,6-9,12H,5,10-11,13H2,1-2H3,(H,21,22). The monoisotopic (exact) mass is 387 g/mol. The molecule has 4 nitrogen and oxygen atoms in total. The maximum Gasteiger partial charge on any atom is 0.130 e. The Labute approximate surface area is 151 Å². The summed E-state index contributed by atoms with van der Waals surface area (Å²) in [7, 11) is 3.81. The number of aliphatic imine (C=N–C) groups is 1. The van der Waals surface area contributed by atoms with Crippen LogP contribution in [0.25, 0.3) is 0 Å². The smallest absolute Gasteiger partial charge is 0.130 e. The Balaban J connectivity index is 1.90. The highest BCUT2D eigenvalue weighted by molar-refractivity contribution is 9.10. The van der Waals surface area contributed by atoms with Crippen molar-refractivity contribution in [3.05, 3.63) is 58.1 Å². The number of anilines is 1. The number of para-hydroxylation sites is 1. The third-order valence-corrected chi connectivity index (χ3v) is 4.61. The minimum absolute atomic E-state index is 0.757. The lowest BCUT2D eigenvalue weighted by molar-refractivity contribution is 0.409. The summed E-state index contributed by atoms with van der Waals surface area (Å²) in [6, 6.07) is 14.5. The summed E-state index contributed by atoms with van der Waals surface area (Å²) < 4.78 is 6.55. The molecule has 1 heterocycles. The molecule has 0 unspecified atom stereocenters. The van der Waals surface area contributed by atoms with Crippen molar-refractivity contribution in [2.24, 2.45) is 4.99 Å². The van der Waals surface area contributed by atoms with Gasteiger partial charge in [0.05, 0.1) is 7.11 Å². The fraction of sp³-hybridized carbons (Fsp3) is 0.316. The second-order valence-corrected chi connectivity index (χ2v) is 6.76. The number of benzene rings is 2. The maximum absolute atomic E-state index is 5.50. The fourth-order valence-electron chi connectivity index (χ4n) is 2.93. The van der Waals surface area contributed by atoms with E-state index in [4.69, 9.17) is 4.74 Å². The van der Waals surface area contributed by atoms with Crippen LogP contribution in [0.15, 0.2) is 51.9 Å². The van der Waals surface area contributed by atoms with Crippen LogP contribution in [-0.2, 0) is 6.54 Å². The Kier molecular flexibility index (Phi) is 5.41. The summed E-state index contributed by atoms with van der Waals surface area (Å²) in [5.74, 6) is 1.89. The molecular weight excluding hydrogens is 366 g/mol. The predicted molar refractivity (Wildman–Crippen MR) is 103 cm³/mol. The molecule has 5 heteroatoms. The molecule has 0 fully saturated rings. The van der Waals surface area contributed by atoms with Crippen LogP contribution in [0.1, 0.15) is 17.5 Å². The van der Waals surface area contributed by atoms with Crippen LogP contribution in [0.4, 0.5) is 5.69 Å². The molecule has 0 spiro atoms. The zero-order valence-corrected chi connectivity index (χ0v) is 15.6. The quantitative estimate of drug-likeness (QED) is 0.846. The van der Waals surface area contributed by atoms with Gasteiger partial charge in [0.1, 0.15) is 11.6 Å². The lowest BCUT2D eigenvalue weighted by atomic mass is 10.1. The molecule has 3 rings (SSSR count). The molecule has 0 saturated heterocycles. The van der Waals surface area contributed by atoms with Gasteiger partial charge >= 0.3 is 0 Å². The Morgan fingerprint density at radius 3 is 2.83 bits per heavy atom. The average molecular weight is 388 g/mol. The summed E-state index contributed by atoms with van der Waals surface area (Å²) in [6.07, 6.45) is 1.09. The molecule has 126 valence electrons. The van der Waals surface area contributed by atoms with E-state index >= 15 is 0 Å². The number of methoxy groups -OCH3 is 1. The molecule has 1 aliphatic heterocycles. The molecule has 0 radical (unpaired) electrons. The highest BCUT2D eigenvalue weighted by Crippen LogP contribution is 2.27. The maximum atomic E-state index is 5.50. The molecule has 1 N–H and O–H groups in total. The van der Waals surface area contributed by atoms with Gasteiger partial charge in [0.15, 0.2) is 0 Å². The summed E-state index contributed by atoms with van der Waals surface area (Å²) in [5, 5.41) is 3.42. The zero-order chi connectivity index (χ0) is 16.9. The molecule has 0 bridgehead atoms. The van der Waals surface area contributed by atoms with Gasteiger partial charge in [0, 0.05) is 48.0 Å². The van der Waals surface area contributed by atoms with Crippen LogP contribution >= 0.6 is 15.9 Å². The van der Waals surface area contributed by atoms with Crippen LogP contribution in [0.5, 0.6) is 5.75 Å². The number of nitrogens with one attached hydrogen (secondary N) is 1. The molecule has 24 heavy (non-hydrogen) atoms. The molecule has 0 aliphatic carbocycles. The minimum Gasteiger partial charge on any atom is -0.496 e. The van der Waals surface area contributed by atoms with Crippen LogP contribution in [0, 0.1) is 0 Å². The average Bonchev–Trinajstić information content (AvgIpc) is 2.62. The number of halogens is 1.